The van der Waals surface area contributed by atoms with Crippen molar-refractivity contribution in [2.45, 2.75) is 25.2 Å². The summed E-state index contributed by atoms with van der Waals surface area (Å²) in [7, 11) is 1.58. The van der Waals surface area contributed by atoms with Gasteiger partial charge in [0.2, 0.25) is 0 Å². The summed E-state index contributed by atoms with van der Waals surface area (Å²) in [5.41, 5.74) is 1.08. The number of para-hydroxylation sites is 1. The van der Waals surface area contributed by atoms with Crippen molar-refractivity contribution in [3.63, 3.8) is 0 Å². The molecule has 0 aliphatic carbocycles. The molecule has 162 valence electrons. The summed E-state index contributed by atoms with van der Waals surface area (Å²) >= 11 is 0. The van der Waals surface area contributed by atoms with Gasteiger partial charge in [-0.25, -0.2) is 9.97 Å². The summed E-state index contributed by atoms with van der Waals surface area (Å²) in [4.78, 5) is 38.0. The third-order valence-corrected chi connectivity index (χ3v) is 5.69. The van der Waals surface area contributed by atoms with E-state index in [1.807, 2.05) is 24.3 Å². The third-order valence-electron chi connectivity index (χ3n) is 5.69. The Morgan fingerprint density at radius 2 is 2.03 bits per heavy atom. The Balaban J connectivity index is 1.22. The van der Waals surface area contributed by atoms with Gasteiger partial charge in [-0.15, -0.1) is 0 Å². The fraction of sp³-hybridized carbons (Fsp3) is 0.391. The first-order valence-corrected chi connectivity index (χ1v) is 10.7. The zero-order valence-corrected chi connectivity index (χ0v) is 17.6. The van der Waals surface area contributed by atoms with Gasteiger partial charge in [0.15, 0.2) is 0 Å². The predicted octanol–water partition coefficient (Wildman–Crippen LogP) is 2.33. The molecule has 3 aromatic rings. The maximum Gasteiger partial charge on any atom is 0.269 e. The summed E-state index contributed by atoms with van der Waals surface area (Å²) in [5.74, 6) is 1.55. The lowest BCUT2D eigenvalue weighted by Crippen LogP contribution is -2.35. The van der Waals surface area contributed by atoms with E-state index < -0.39 is 0 Å². The zero-order chi connectivity index (χ0) is 21.6. The number of hydrogen-bond acceptors (Lipinski definition) is 6. The van der Waals surface area contributed by atoms with E-state index in [1.165, 1.54) is 0 Å². The van der Waals surface area contributed by atoms with Gasteiger partial charge in [0.05, 0.1) is 23.7 Å². The van der Waals surface area contributed by atoms with Crippen molar-refractivity contribution in [1.29, 1.82) is 0 Å². The molecule has 8 heteroatoms. The Morgan fingerprint density at radius 3 is 2.77 bits per heavy atom. The van der Waals surface area contributed by atoms with E-state index >= 15 is 0 Å². The second-order valence-corrected chi connectivity index (χ2v) is 7.74. The molecule has 4 rings (SSSR count). The molecule has 1 fully saturated rings. The number of pyridine rings is 1. The molecule has 1 saturated heterocycles. The van der Waals surface area contributed by atoms with E-state index in [2.05, 4.69) is 20.2 Å². The Bertz CT molecular complexity index is 1090. The number of ether oxygens (including phenoxy) is 1. The Hall–Kier alpha value is -3.26. The molecule has 8 nitrogen and oxygen atoms in total. The number of aromatic amines is 1. The lowest BCUT2D eigenvalue weighted by molar-refractivity contribution is 0.0958. The molecule has 1 aliphatic rings. The number of benzene rings is 1. The van der Waals surface area contributed by atoms with E-state index in [-0.39, 0.29) is 17.4 Å². The molecule has 0 bridgehead atoms. The van der Waals surface area contributed by atoms with Gasteiger partial charge in [-0.05, 0) is 56.6 Å². The highest BCUT2D eigenvalue weighted by atomic mass is 16.5. The van der Waals surface area contributed by atoms with Gasteiger partial charge in [-0.3, -0.25) is 9.59 Å². The van der Waals surface area contributed by atoms with Gasteiger partial charge in [0.1, 0.15) is 17.3 Å². The zero-order valence-electron chi connectivity index (χ0n) is 17.6. The second-order valence-electron chi connectivity index (χ2n) is 7.74. The van der Waals surface area contributed by atoms with Gasteiger partial charge in [0.25, 0.3) is 11.5 Å². The molecule has 0 atom stereocenters. The van der Waals surface area contributed by atoms with Crippen molar-refractivity contribution in [2.75, 3.05) is 33.3 Å². The van der Waals surface area contributed by atoms with Crippen LogP contribution in [0.5, 0.6) is 5.75 Å². The topological polar surface area (TPSA) is 100 Å². The number of nitrogens with zero attached hydrogens (tertiary/aromatic N) is 3. The highest BCUT2D eigenvalue weighted by Crippen LogP contribution is 2.25. The molecule has 0 unspecified atom stereocenters. The van der Waals surface area contributed by atoms with Crippen LogP contribution in [0.4, 0.5) is 0 Å². The molecule has 2 aromatic heterocycles. The fourth-order valence-corrected chi connectivity index (χ4v) is 3.93. The van der Waals surface area contributed by atoms with Crippen molar-refractivity contribution in [1.82, 2.24) is 25.2 Å². The maximum atomic E-state index is 12.3. The lowest BCUT2D eigenvalue weighted by atomic mass is 9.95. The number of H-pyrrole nitrogens is 1. The molecule has 31 heavy (non-hydrogen) atoms. The van der Waals surface area contributed by atoms with Crippen molar-refractivity contribution in [3.8, 4) is 5.75 Å². The number of nitrogens with one attached hydrogen (secondary N) is 2. The number of rotatable bonds is 7. The van der Waals surface area contributed by atoms with Crippen LogP contribution in [0, 0.1) is 0 Å². The van der Waals surface area contributed by atoms with Crippen LogP contribution in [0.15, 0.2) is 47.4 Å². The molecular formula is C23H27N5O3. The quantitative estimate of drug-likeness (QED) is 0.568. The van der Waals surface area contributed by atoms with Gasteiger partial charge >= 0.3 is 0 Å². The minimum atomic E-state index is -0.210. The van der Waals surface area contributed by atoms with E-state index in [1.54, 1.807) is 25.4 Å². The maximum absolute atomic E-state index is 12.3. The van der Waals surface area contributed by atoms with Crippen LogP contribution in [0.25, 0.3) is 10.9 Å². The van der Waals surface area contributed by atoms with Crippen LogP contribution in [0.3, 0.4) is 0 Å². The van der Waals surface area contributed by atoms with E-state index in [4.69, 9.17) is 9.72 Å². The average molecular weight is 422 g/mol. The van der Waals surface area contributed by atoms with E-state index in [9.17, 15) is 9.59 Å². The highest BCUT2D eigenvalue weighted by molar-refractivity contribution is 5.91. The molecule has 0 spiro atoms. The number of carbonyl (C=O) groups is 1. The number of carbonyl (C=O) groups excluding carboxylic acids is 1. The molecular weight excluding hydrogens is 394 g/mol. The predicted molar refractivity (Wildman–Crippen MR) is 119 cm³/mol. The first-order valence-electron chi connectivity index (χ1n) is 10.7. The summed E-state index contributed by atoms with van der Waals surface area (Å²) in [6, 6.07) is 10.9. The Kier molecular flexibility index (Phi) is 6.57. The minimum Gasteiger partial charge on any atom is -0.492 e. The van der Waals surface area contributed by atoms with Crippen LogP contribution in [0.1, 0.15) is 41.5 Å². The van der Waals surface area contributed by atoms with Crippen molar-refractivity contribution in [3.05, 3.63) is 64.5 Å². The SMILES string of the molecule is CNC(=O)c1ccc(OCCCN2CCC(c3nc4ccccc4c(=O)[nH]3)CC2)cn1. The van der Waals surface area contributed by atoms with Crippen LogP contribution >= 0.6 is 0 Å². The first kappa shape index (κ1) is 21.0. The number of likely N-dealkylation sites (tertiary alicyclic amines) is 1. The molecule has 2 N–H and O–H groups in total. The highest BCUT2D eigenvalue weighted by Gasteiger charge is 2.22. The molecule has 1 amide bonds. The molecule has 0 radical (unpaired) electrons. The standard InChI is InChI=1S/C23H27N5O3/c1-24-23(30)20-8-7-17(15-25-20)31-14-4-11-28-12-9-16(10-13-28)21-26-19-6-3-2-5-18(19)22(29)27-21/h2-3,5-8,15-16H,4,9-14H2,1H3,(H,24,30)(H,26,27,29). The summed E-state index contributed by atoms with van der Waals surface area (Å²) in [5, 5.41) is 3.19. The number of amides is 1. The number of hydrogen-bond donors (Lipinski definition) is 2. The summed E-state index contributed by atoms with van der Waals surface area (Å²) in [6.07, 6.45) is 4.44. The normalized spacial score (nSPS) is 15.1. The molecule has 1 aliphatic heterocycles. The monoisotopic (exact) mass is 421 g/mol. The largest absolute Gasteiger partial charge is 0.492 e. The Labute approximate surface area is 180 Å². The number of piperidine rings is 1. The lowest BCUT2D eigenvalue weighted by Gasteiger charge is -2.31. The fourth-order valence-electron chi connectivity index (χ4n) is 3.93. The van der Waals surface area contributed by atoms with Crippen molar-refractivity contribution < 1.29 is 9.53 Å². The third kappa shape index (κ3) is 5.08. The second kappa shape index (κ2) is 9.70. The van der Waals surface area contributed by atoms with E-state index in [0.717, 1.165) is 50.2 Å². The summed E-state index contributed by atoms with van der Waals surface area (Å²) in [6.45, 7) is 3.51. The average Bonchev–Trinajstić information content (AvgIpc) is 2.82. The van der Waals surface area contributed by atoms with E-state index in [0.29, 0.717) is 23.4 Å². The smallest absolute Gasteiger partial charge is 0.269 e. The number of aromatic nitrogens is 3. The minimum absolute atomic E-state index is 0.0574. The molecule has 3 heterocycles. The van der Waals surface area contributed by atoms with Gasteiger partial charge in [-0.2, -0.15) is 0 Å². The Morgan fingerprint density at radius 1 is 1.23 bits per heavy atom. The van der Waals surface area contributed by atoms with Crippen molar-refractivity contribution >= 4 is 16.8 Å². The van der Waals surface area contributed by atoms with Gasteiger partial charge in [0, 0.05) is 19.5 Å². The van der Waals surface area contributed by atoms with Gasteiger partial charge in [-0.1, -0.05) is 12.1 Å². The van der Waals surface area contributed by atoms with Gasteiger partial charge < -0.3 is 19.9 Å². The van der Waals surface area contributed by atoms with Crippen molar-refractivity contribution in [2.24, 2.45) is 0 Å². The molecule has 0 saturated carbocycles. The van der Waals surface area contributed by atoms with Crippen LogP contribution < -0.4 is 15.6 Å². The van der Waals surface area contributed by atoms with Crippen LogP contribution in [0.2, 0.25) is 0 Å². The van der Waals surface area contributed by atoms with Crippen LogP contribution in [-0.2, 0) is 0 Å². The summed E-state index contributed by atoms with van der Waals surface area (Å²) < 4.78 is 5.74. The van der Waals surface area contributed by atoms with Crippen LogP contribution in [-0.4, -0.2) is 59.0 Å². The first-order chi connectivity index (χ1) is 15.1. The molecule has 1 aromatic carbocycles. The number of fused-ring (bicyclic) bond motifs is 1.